The van der Waals surface area contributed by atoms with Crippen molar-refractivity contribution in [2.45, 2.75) is 45.2 Å². The van der Waals surface area contributed by atoms with Gasteiger partial charge in [-0.2, -0.15) is 0 Å². The number of fused-ring (bicyclic) bond motifs is 1. The van der Waals surface area contributed by atoms with E-state index in [9.17, 15) is 4.79 Å². The van der Waals surface area contributed by atoms with Gasteiger partial charge >= 0.3 is 5.69 Å². The fraction of sp³-hybridized carbons (Fsp3) is 0.321. The van der Waals surface area contributed by atoms with Crippen LogP contribution in [0.3, 0.4) is 0 Å². The second kappa shape index (κ2) is 9.28. The van der Waals surface area contributed by atoms with Gasteiger partial charge in [-0.25, -0.2) is 4.79 Å². The average Bonchev–Trinajstić information content (AvgIpc) is 3.16. The topological polar surface area (TPSA) is 50.3 Å². The van der Waals surface area contributed by atoms with E-state index in [0.717, 1.165) is 55.0 Å². The predicted molar refractivity (Wildman–Crippen MR) is 133 cm³/mol. The molecule has 0 amide bonds. The number of nitrogens with one attached hydrogen (secondary N) is 1. The molecule has 5 rings (SSSR count). The van der Waals surface area contributed by atoms with Crippen molar-refractivity contribution >= 4 is 11.0 Å². The number of aromatic nitrogens is 2. The molecule has 5 heteroatoms. The van der Waals surface area contributed by atoms with Crippen LogP contribution in [0.5, 0.6) is 11.5 Å². The van der Waals surface area contributed by atoms with Crippen LogP contribution in [0.25, 0.3) is 11.0 Å². The molecule has 1 fully saturated rings. The molecule has 1 aliphatic rings. The van der Waals surface area contributed by atoms with Crippen LogP contribution in [0.4, 0.5) is 0 Å². The van der Waals surface area contributed by atoms with Crippen LogP contribution in [-0.2, 0) is 6.54 Å². The van der Waals surface area contributed by atoms with E-state index in [1.54, 1.807) is 0 Å². The van der Waals surface area contributed by atoms with Gasteiger partial charge in [0.1, 0.15) is 11.5 Å². The van der Waals surface area contributed by atoms with E-state index in [1.165, 1.54) is 11.1 Å². The SMILES string of the molecule is CC(C)c1ccccc1Oc1cccc(CN2CCC(n3c(=O)[nH]c4ccccc43)CC2)c1. The Morgan fingerprint density at radius 2 is 1.73 bits per heavy atom. The van der Waals surface area contributed by atoms with Crippen molar-refractivity contribution in [3.05, 3.63) is 94.4 Å². The molecule has 2 heterocycles. The van der Waals surface area contributed by atoms with Crippen LogP contribution in [0.15, 0.2) is 77.6 Å². The van der Waals surface area contributed by atoms with E-state index in [0.29, 0.717) is 5.92 Å². The van der Waals surface area contributed by atoms with Gasteiger partial charge in [0, 0.05) is 25.7 Å². The van der Waals surface area contributed by atoms with E-state index in [4.69, 9.17) is 4.74 Å². The van der Waals surface area contributed by atoms with Crippen molar-refractivity contribution in [2.24, 2.45) is 0 Å². The van der Waals surface area contributed by atoms with Gasteiger partial charge in [-0.3, -0.25) is 9.47 Å². The number of hydrogen-bond acceptors (Lipinski definition) is 3. The lowest BCUT2D eigenvalue weighted by atomic mass is 10.0. The number of ether oxygens (including phenoxy) is 1. The number of H-pyrrole nitrogens is 1. The third-order valence-electron chi connectivity index (χ3n) is 6.62. The molecule has 0 saturated carbocycles. The van der Waals surface area contributed by atoms with Gasteiger partial charge in [0.15, 0.2) is 0 Å². The Morgan fingerprint density at radius 1 is 0.970 bits per heavy atom. The highest BCUT2D eigenvalue weighted by molar-refractivity contribution is 5.75. The van der Waals surface area contributed by atoms with Gasteiger partial charge in [0.05, 0.1) is 11.0 Å². The van der Waals surface area contributed by atoms with E-state index < -0.39 is 0 Å². The second-order valence-electron chi connectivity index (χ2n) is 9.27. The number of aromatic amines is 1. The molecule has 1 saturated heterocycles. The summed E-state index contributed by atoms with van der Waals surface area (Å²) >= 11 is 0. The van der Waals surface area contributed by atoms with Crippen molar-refractivity contribution in [1.29, 1.82) is 0 Å². The molecule has 0 atom stereocenters. The van der Waals surface area contributed by atoms with E-state index in [-0.39, 0.29) is 11.7 Å². The summed E-state index contributed by atoms with van der Waals surface area (Å²) in [5, 5.41) is 0. The van der Waals surface area contributed by atoms with Crippen molar-refractivity contribution in [2.75, 3.05) is 13.1 Å². The van der Waals surface area contributed by atoms with Gasteiger partial charge < -0.3 is 9.72 Å². The Hall–Kier alpha value is -3.31. The Kier molecular flexibility index (Phi) is 6.05. The van der Waals surface area contributed by atoms with Crippen LogP contribution in [0.2, 0.25) is 0 Å². The van der Waals surface area contributed by atoms with Crippen LogP contribution < -0.4 is 10.4 Å². The molecule has 0 radical (unpaired) electrons. The Labute approximate surface area is 194 Å². The van der Waals surface area contributed by atoms with Crippen LogP contribution in [-0.4, -0.2) is 27.5 Å². The average molecular weight is 442 g/mol. The Bertz CT molecular complexity index is 1300. The van der Waals surface area contributed by atoms with Gasteiger partial charge in [0.2, 0.25) is 0 Å². The molecular formula is C28H31N3O2. The zero-order valence-electron chi connectivity index (χ0n) is 19.3. The molecule has 0 unspecified atom stereocenters. The highest BCUT2D eigenvalue weighted by Gasteiger charge is 2.23. The summed E-state index contributed by atoms with van der Waals surface area (Å²) in [5.74, 6) is 2.21. The zero-order chi connectivity index (χ0) is 22.8. The molecule has 1 N–H and O–H groups in total. The number of likely N-dealkylation sites (tertiary alicyclic amines) is 1. The molecule has 0 spiro atoms. The molecular weight excluding hydrogens is 410 g/mol. The van der Waals surface area contributed by atoms with Crippen molar-refractivity contribution < 1.29 is 4.74 Å². The lowest BCUT2D eigenvalue weighted by Crippen LogP contribution is -2.36. The van der Waals surface area contributed by atoms with Crippen LogP contribution in [0, 0.1) is 0 Å². The first-order valence-electron chi connectivity index (χ1n) is 11.9. The lowest BCUT2D eigenvalue weighted by Gasteiger charge is -2.32. The van der Waals surface area contributed by atoms with Crippen molar-refractivity contribution in [3.8, 4) is 11.5 Å². The Morgan fingerprint density at radius 3 is 2.55 bits per heavy atom. The monoisotopic (exact) mass is 441 g/mol. The summed E-state index contributed by atoms with van der Waals surface area (Å²) in [5.41, 5.74) is 4.39. The molecule has 4 aromatic rings. The molecule has 5 nitrogen and oxygen atoms in total. The lowest BCUT2D eigenvalue weighted by molar-refractivity contribution is 0.180. The number of imidazole rings is 1. The minimum atomic E-state index is 0.00109. The zero-order valence-corrected chi connectivity index (χ0v) is 19.3. The highest BCUT2D eigenvalue weighted by Crippen LogP contribution is 2.31. The first-order valence-corrected chi connectivity index (χ1v) is 11.9. The van der Waals surface area contributed by atoms with E-state index >= 15 is 0 Å². The Balaban J connectivity index is 1.24. The van der Waals surface area contributed by atoms with E-state index in [2.05, 4.69) is 54.1 Å². The fourth-order valence-corrected chi connectivity index (χ4v) is 4.92. The standard InChI is InChI=1S/C28H31N3O2/c1-20(2)24-10-3-6-13-27(24)33-23-9-7-8-21(18-23)19-30-16-14-22(15-17-30)31-26-12-5-4-11-25(26)29-28(31)32/h3-13,18,20,22H,14-17,19H2,1-2H3,(H,29,32). The van der Waals surface area contributed by atoms with Gasteiger partial charge in [-0.1, -0.05) is 56.3 Å². The van der Waals surface area contributed by atoms with Crippen molar-refractivity contribution in [3.63, 3.8) is 0 Å². The van der Waals surface area contributed by atoms with Crippen molar-refractivity contribution in [1.82, 2.24) is 14.5 Å². The summed E-state index contributed by atoms with van der Waals surface area (Å²) in [7, 11) is 0. The maximum atomic E-state index is 12.5. The molecule has 0 aliphatic carbocycles. The van der Waals surface area contributed by atoms with Gasteiger partial charge in [-0.05, 0) is 60.2 Å². The summed E-state index contributed by atoms with van der Waals surface area (Å²) in [4.78, 5) is 18.0. The number of para-hydroxylation sites is 3. The first kappa shape index (κ1) is 21.5. The predicted octanol–water partition coefficient (Wildman–Crippen LogP) is 6.08. The molecule has 33 heavy (non-hydrogen) atoms. The third kappa shape index (κ3) is 4.60. The minimum Gasteiger partial charge on any atom is -0.457 e. The second-order valence-corrected chi connectivity index (χ2v) is 9.27. The quantitative estimate of drug-likeness (QED) is 0.394. The van der Waals surface area contributed by atoms with Crippen LogP contribution >= 0.6 is 0 Å². The maximum absolute atomic E-state index is 12.5. The minimum absolute atomic E-state index is 0.00109. The summed E-state index contributed by atoms with van der Waals surface area (Å²) < 4.78 is 8.21. The van der Waals surface area contributed by atoms with Crippen LogP contribution in [0.1, 0.15) is 49.8 Å². The fourth-order valence-electron chi connectivity index (χ4n) is 4.92. The summed E-state index contributed by atoms with van der Waals surface area (Å²) in [6.07, 6.45) is 1.94. The molecule has 1 aliphatic heterocycles. The normalized spacial score (nSPS) is 15.4. The summed E-state index contributed by atoms with van der Waals surface area (Å²) in [6, 6.07) is 24.9. The maximum Gasteiger partial charge on any atom is 0.326 e. The molecule has 170 valence electrons. The highest BCUT2D eigenvalue weighted by atomic mass is 16.5. The number of nitrogens with zero attached hydrogens (tertiary/aromatic N) is 2. The number of rotatable bonds is 6. The molecule has 0 bridgehead atoms. The molecule has 1 aromatic heterocycles. The van der Waals surface area contributed by atoms with E-state index in [1.807, 2.05) is 47.0 Å². The number of benzene rings is 3. The van der Waals surface area contributed by atoms with Gasteiger partial charge in [0.25, 0.3) is 0 Å². The third-order valence-corrected chi connectivity index (χ3v) is 6.62. The smallest absolute Gasteiger partial charge is 0.326 e. The van der Waals surface area contributed by atoms with Gasteiger partial charge in [-0.15, -0.1) is 0 Å². The number of piperidine rings is 1. The largest absolute Gasteiger partial charge is 0.457 e. The summed E-state index contributed by atoms with van der Waals surface area (Å²) in [6.45, 7) is 7.20. The first-order chi connectivity index (χ1) is 16.1. The number of hydrogen-bond donors (Lipinski definition) is 1. The molecule has 3 aromatic carbocycles.